The number of aryl methyl sites for hydroxylation is 1. The van der Waals surface area contributed by atoms with E-state index in [0.717, 1.165) is 36.8 Å². The van der Waals surface area contributed by atoms with Crippen LogP contribution in [-0.2, 0) is 21.9 Å². The summed E-state index contributed by atoms with van der Waals surface area (Å²) in [5.74, 6) is 0.843. The van der Waals surface area contributed by atoms with Crippen LogP contribution in [0, 0.1) is 5.92 Å². The molecule has 3 aliphatic heterocycles. The van der Waals surface area contributed by atoms with E-state index < -0.39 is 22.7 Å². The van der Waals surface area contributed by atoms with Crippen LogP contribution in [0.25, 0.3) is 10.9 Å². The van der Waals surface area contributed by atoms with Crippen LogP contribution in [0.4, 0.5) is 25.3 Å². The number of aromatic nitrogens is 4. The average molecular weight is 690 g/mol. The molecule has 3 saturated heterocycles. The number of nitrogens with zero attached hydrogens (tertiary/aromatic N) is 7. The molecule has 3 amide bonds. The molecule has 14 nitrogen and oxygen atoms in total. The Kier molecular flexibility index (Phi) is 10.1. The molecule has 6 rings (SSSR count). The number of carbonyl (C=O) groups excluding carboxylic acids is 2. The molecule has 5 heterocycles. The van der Waals surface area contributed by atoms with Gasteiger partial charge in [-0.2, -0.15) is 13.9 Å². The van der Waals surface area contributed by atoms with Crippen molar-refractivity contribution >= 4 is 44.6 Å². The number of piperidine rings is 2. The molecule has 0 aliphatic carbocycles. The third-order valence-corrected chi connectivity index (χ3v) is 11.5. The number of halogens is 2. The Morgan fingerprint density at radius 1 is 1.04 bits per heavy atom. The summed E-state index contributed by atoms with van der Waals surface area (Å²) in [4.78, 5) is 35.9. The number of ether oxygens (including phenoxy) is 1. The quantitative estimate of drug-likeness (QED) is 0.307. The molecule has 3 fully saturated rings. The van der Waals surface area contributed by atoms with Crippen molar-refractivity contribution in [2.45, 2.75) is 57.6 Å². The molecule has 2 aromatic heterocycles. The first kappa shape index (κ1) is 33.9. The van der Waals surface area contributed by atoms with E-state index in [-0.39, 0.29) is 41.7 Å². The Balaban J connectivity index is 0.959. The number of fused-ring (bicyclic) bond motifs is 1. The molecule has 48 heavy (non-hydrogen) atoms. The van der Waals surface area contributed by atoms with E-state index in [1.54, 1.807) is 8.99 Å². The number of likely N-dealkylation sites (tertiary alicyclic amines) is 1. The van der Waals surface area contributed by atoms with Gasteiger partial charge in [-0.15, -0.1) is 0 Å². The van der Waals surface area contributed by atoms with E-state index in [2.05, 4.69) is 47.5 Å². The van der Waals surface area contributed by atoms with Gasteiger partial charge in [-0.25, -0.2) is 27.5 Å². The van der Waals surface area contributed by atoms with Crippen LogP contribution in [0.5, 0.6) is 5.75 Å². The number of sulfonamides is 1. The predicted octanol–water partition coefficient (Wildman–Crippen LogP) is 3.13. The minimum atomic E-state index is -3.43. The lowest BCUT2D eigenvalue weighted by atomic mass is 9.88. The van der Waals surface area contributed by atoms with Gasteiger partial charge in [0.1, 0.15) is 0 Å². The lowest BCUT2D eigenvalue weighted by molar-refractivity contribution is -0.120. The fraction of sp³-hybridized carbons (Fsp3) is 0.581. The third kappa shape index (κ3) is 7.84. The van der Waals surface area contributed by atoms with Crippen LogP contribution >= 0.6 is 0 Å². The Morgan fingerprint density at radius 2 is 1.75 bits per heavy atom. The summed E-state index contributed by atoms with van der Waals surface area (Å²) in [6, 6.07) is 5.77. The fourth-order valence-electron chi connectivity index (χ4n) is 6.90. The lowest BCUT2D eigenvalue weighted by Gasteiger charge is -2.35. The molecule has 3 aliphatic rings. The van der Waals surface area contributed by atoms with E-state index in [1.165, 1.54) is 22.9 Å². The first-order chi connectivity index (χ1) is 22.9. The van der Waals surface area contributed by atoms with Gasteiger partial charge in [-0.3, -0.25) is 19.7 Å². The summed E-state index contributed by atoms with van der Waals surface area (Å²) in [6.07, 6.45) is 5.67. The van der Waals surface area contributed by atoms with Gasteiger partial charge in [-0.1, -0.05) is 13.0 Å². The van der Waals surface area contributed by atoms with Crippen LogP contribution < -0.4 is 20.3 Å². The van der Waals surface area contributed by atoms with Gasteiger partial charge in [0.15, 0.2) is 11.6 Å². The van der Waals surface area contributed by atoms with Crippen LogP contribution in [-0.4, -0.2) is 107 Å². The van der Waals surface area contributed by atoms with Gasteiger partial charge in [-0.05, 0) is 68.3 Å². The van der Waals surface area contributed by atoms with E-state index in [4.69, 9.17) is 0 Å². The van der Waals surface area contributed by atoms with Crippen molar-refractivity contribution in [3.05, 3.63) is 36.2 Å². The fourth-order valence-corrected chi connectivity index (χ4v) is 8.70. The van der Waals surface area contributed by atoms with Crippen molar-refractivity contribution < 1.29 is 31.5 Å². The monoisotopic (exact) mass is 689 g/mol. The molecular weight excluding hydrogens is 648 g/mol. The number of carbonyl (C=O) groups is 2. The van der Waals surface area contributed by atoms with Gasteiger partial charge in [0.2, 0.25) is 21.9 Å². The first-order valence-electron chi connectivity index (χ1n) is 16.3. The van der Waals surface area contributed by atoms with Crippen molar-refractivity contribution in [2.24, 2.45) is 13.0 Å². The van der Waals surface area contributed by atoms with Crippen molar-refractivity contribution in [2.75, 3.05) is 55.2 Å². The second kappa shape index (κ2) is 14.3. The van der Waals surface area contributed by atoms with Crippen molar-refractivity contribution in [3.63, 3.8) is 0 Å². The highest BCUT2D eigenvalue weighted by molar-refractivity contribution is 7.89. The maximum Gasteiger partial charge on any atom is 0.387 e. The summed E-state index contributed by atoms with van der Waals surface area (Å²) < 4.78 is 58.8. The number of rotatable bonds is 11. The van der Waals surface area contributed by atoms with Gasteiger partial charge in [0.25, 0.3) is 0 Å². The van der Waals surface area contributed by atoms with Gasteiger partial charge < -0.3 is 15.0 Å². The maximum atomic E-state index is 13.3. The summed E-state index contributed by atoms with van der Waals surface area (Å²) >= 11 is 0. The second-order valence-corrected chi connectivity index (χ2v) is 14.9. The van der Waals surface area contributed by atoms with Gasteiger partial charge in [0.05, 0.1) is 23.7 Å². The normalized spacial score (nSPS) is 20.0. The highest BCUT2D eigenvalue weighted by Crippen LogP contribution is 2.34. The third-order valence-electron chi connectivity index (χ3n) is 9.32. The van der Waals surface area contributed by atoms with E-state index in [0.29, 0.717) is 50.8 Å². The summed E-state index contributed by atoms with van der Waals surface area (Å²) in [7, 11) is -1.58. The standard InChI is InChI=1S/C31H41F2N9O5S/c1-20(19-48(45,46)41-12-7-23(8-13-41)36-30-34-16-24(17-35-30)47-29(32)33)18-40-10-5-21(6-11-40)22-3-4-25-26(15-22)39(2)38-28(25)42-14-9-27(43)37-31(42)44/h3-4,15-17,20-21,23,29H,5-14,18-19H2,1-2H3,(H,34,35,36)(H,37,43,44). The maximum absolute atomic E-state index is 13.3. The number of alkyl halides is 2. The Hall–Kier alpha value is -3.96. The highest BCUT2D eigenvalue weighted by atomic mass is 32.2. The molecule has 0 saturated carbocycles. The zero-order valence-electron chi connectivity index (χ0n) is 27.0. The molecule has 0 bridgehead atoms. The molecule has 1 aromatic carbocycles. The molecular formula is C31H41F2N9O5S. The molecule has 1 atom stereocenters. The van der Waals surface area contributed by atoms with Crippen molar-refractivity contribution in [1.29, 1.82) is 0 Å². The van der Waals surface area contributed by atoms with Crippen LogP contribution in [0.2, 0.25) is 0 Å². The first-order valence-corrected chi connectivity index (χ1v) is 17.9. The van der Waals surface area contributed by atoms with E-state index in [1.807, 2.05) is 20.0 Å². The average Bonchev–Trinajstić information content (AvgIpc) is 3.37. The molecule has 0 spiro atoms. The topological polar surface area (TPSA) is 155 Å². The van der Waals surface area contributed by atoms with Gasteiger partial charge >= 0.3 is 12.6 Å². The van der Waals surface area contributed by atoms with Crippen molar-refractivity contribution in [3.8, 4) is 5.75 Å². The zero-order valence-corrected chi connectivity index (χ0v) is 27.8. The smallest absolute Gasteiger partial charge is 0.387 e. The molecule has 3 aromatic rings. The predicted molar refractivity (Wildman–Crippen MR) is 174 cm³/mol. The highest BCUT2D eigenvalue weighted by Gasteiger charge is 2.32. The minimum Gasteiger partial charge on any atom is -0.432 e. The van der Waals surface area contributed by atoms with Crippen LogP contribution in [0.1, 0.15) is 50.5 Å². The number of nitrogens with one attached hydrogen (secondary N) is 2. The lowest BCUT2D eigenvalue weighted by Crippen LogP contribution is -2.49. The van der Waals surface area contributed by atoms with Crippen LogP contribution in [0.3, 0.4) is 0 Å². The molecule has 1 unspecified atom stereocenters. The van der Waals surface area contributed by atoms with E-state index >= 15 is 0 Å². The summed E-state index contributed by atoms with van der Waals surface area (Å²) in [5, 5.41) is 11.0. The molecule has 17 heteroatoms. The van der Waals surface area contributed by atoms with E-state index in [9.17, 15) is 26.8 Å². The van der Waals surface area contributed by atoms with Crippen LogP contribution in [0.15, 0.2) is 30.6 Å². The number of hydrogen-bond acceptors (Lipinski definition) is 10. The van der Waals surface area contributed by atoms with Crippen molar-refractivity contribution in [1.82, 2.24) is 34.3 Å². The molecule has 0 radical (unpaired) electrons. The number of imide groups is 1. The number of anilines is 2. The largest absolute Gasteiger partial charge is 0.432 e. The molecule has 260 valence electrons. The SMILES string of the molecule is CC(CN1CCC(c2ccc3c(N4CCC(=O)NC4=O)nn(C)c3c2)CC1)CS(=O)(=O)N1CCC(Nc2ncc(OC(F)F)cn2)CC1. The summed E-state index contributed by atoms with van der Waals surface area (Å²) in [5.41, 5.74) is 2.14. The Labute approximate surface area is 277 Å². The zero-order chi connectivity index (χ0) is 34.0. The summed E-state index contributed by atoms with van der Waals surface area (Å²) in [6.45, 7) is 2.57. The minimum absolute atomic E-state index is 0.0270. The Morgan fingerprint density at radius 3 is 2.42 bits per heavy atom. The number of amides is 3. The van der Waals surface area contributed by atoms with Gasteiger partial charge in [0, 0.05) is 51.1 Å². The number of urea groups is 1. The Bertz CT molecular complexity index is 1720. The molecule has 2 N–H and O–H groups in total. The number of hydrogen-bond donors (Lipinski definition) is 2. The number of benzene rings is 1. The second-order valence-electron chi connectivity index (χ2n) is 12.9.